The lowest BCUT2D eigenvalue weighted by molar-refractivity contribution is -0.274. The zero-order valence-electron chi connectivity index (χ0n) is 16.6. The summed E-state index contributed by atoms with van der Waals surface area (Å²) in [5, 5.41) is 3.43. The average Bonchev–Trinajstić information content (AvgIpc) is 3.51. The zero-order chi connectivity index (χ0) is 20.6. The minimum absolute atomic E-state index is 0.182. The van der Waals surface area contributed by atoms with Crippen LogP contribution in [0.25, 0.3) is 0 Å². The van der Waals surface area contributed by atoms with Crippen molar-refractivity contribution in [1.82, 2.24) is 9.97 Å². The summed E-state index contributed by atoms with van der Waals surface area (Å²) in [5.41, 5.74) is 1.88. The van der Waals surface area contributed by atoms with Gasteiger partial charge in [-0.15, -0.1) is 13.2 Å². The number of fused-ring (bicyclic) bond motifs is 1. The quantitative estimate of drug-likeness (QED) is 0.730. The first kappa shape index (κ1) is 19.8. The van der Waals surface area contributed by atoms with Crippen LogP contribution in [0, 0.1) is 0 Å². The maximum Gasteiger partial charge on any atom is 0.573 e. The van der Waals surface area contributed by atoms with Crippen molar-refractivity contribution in [2.45, 2.75) is 64.4 Å². The molecule has 0 amide bonds. The number of aromatic nitrogens is 2. The highest BCUT2D eigenvalue weighted by atomic mass is 19.4. The van der Waals surface area contributed by atoms with Crippen molar-refractivity contribution >= 4 is 11.6 Å². The molecule has 5 nitrogen and oxygen atoms in total. The molecule has 2 heterocycles. The molecule has 156 valence electrons. The molecule has 1 aliphatic carbocycles. The van der Waals surface area contributed by atoms with E-state index in [4.69, 9.17) is 4.98 Å². The largest absolute Gasteiger partial charge is 0.573 e. The normalized spacial score (nSPS) is 17.6. The number of anilines is 2. The molecule has 0 spiro atoms. The SMILES string of the molecule is CC[C@H](C)Nc1cc(N2CCc3ccc(OC(F)(F)F)cc3C2)nc(C2CC2)n1. The van der Waals surface area contributed by atoms with E-state index in [2.05, 4.69) is 33.8 Å². The van der Waals surface area contributed by atoms with Crippen LogP contribution in [0.3, 0.4) is 0 Å². The fourth-order valence-corrected chi connectivity index (χ4v) is 3.49. The second-order valence-corrected chi connectivity index (χ2v) is 7.85. The molecule has 1 aromatic carbocycles. The molecule has 0 saturated heterocycles. The van der Waals surface area contributed by atoms with Crippen LogP contribution in [-0.4, -0.2) is 28.9 Å². The van der Waals surface area contributed by atoms with Crippen LogP contribution in [0.1, 0.15) is 56.0 Å². The summed E-state index contributed by atoms with van der Waals surface area (Å²) >= 11 is 0. The molecule has 0 radical (unpaired) electrons. The van der Waals surface area contributed by atoms with Gasteiger partial charge in [0.05, 0.1) is 0 Å². The molecule has 0 unspecified atom stereocenters. The zero-order valence-corrected chi connectivity index (χ0v) is 16.6. The number of hydrogen-bond acceptors (Lipinski definition) is 5. The Balaban J connectivity index is 1.58. The van der Waals surface area contributed by atoms with Gasteiger partial charge in [-0.25, -0.2) is 9.97 Å². The van der Waals surface area contributed by atoms with Gasteiger partial charge in [0.15, 0.2) is 0 Å². The van der Waals surface area contributed by atoms with Crippen LogP contribution in [0.4, 0.5) is 24.8 Å². The minimum Gasteiger partial charge on any atom is -0.406 e. The monoisotopic (exact) mass is 406 g/mol. The molecule has 1 aromatic heterocycles. The van der Waals surface area contributed by atoms with E-state index in [-0.39, 0.29) is 5.75 Å². The molecule has 1 atom stereocenters. The van der Waals surface area contributed by atoms with Crippen LogP contribution in [0.15, 0.2) is 24.3 Å². The van der Waals surface area contributed by atoms with Crippen LogP contribution < -0.4 is 15.0 Å². The molecular formula is C21H25F3N4O. The van der Waals surface area contributed by atoms with E-state index in [0.717, 1.165) is 60.8 Å². The highest BCUT2D eigenvalue weighted by Gasteiger charge is 2.32. The highest BCUT2D eigenvalue weighted by molar-refractivity contribution is 5.53. The molecule has 1 N–H and O–H groups in total. The third-order valence-electron chi connectivity index (χ3n) is 5.43. The molecule has 1 aliphatic heterocycles. The lowest BCUT2D eigenvalue weighted by Gasteiger charge is -2.30. The van der Waals surface area contributed by atoms with E-state index in [0.29, 0.717) is 18.5 Å². The topological polar surface area (TPSA) is 50.3 Å². The van der Waals surface area contributed by atoms with Crippen LogP contribution in [-0.2, 0) is 13.0 Å². The number of benzene rings is 1. The maximum absolute atomic E-state index is 12.6. The minimum atomic E-state index is -4.69. The predicted octanol–water partition coefficient (Wildman–Crippen LogP) is 5.03. The Bertz CT molecular complexity index is 883. The van der Waals surface area contributed by atoms with Gasteiger partial charge in [0.2, 0.25) is 0 Å². The predicted molar refractivity (Wildman–Crippen MR) is 105 cm³/mol. The number of nitrogens with one attached hydrogen (secondary N) is 1. The summed E-state index contributed by atoms with van der Waals surface area (Å²) in [6.07, 6.45) is -0.749. The van der Waals surface area contributed by atoms with Crippen LogP contribution in [0.5, 0.6) is 5.75 Å². The number of alkyl halides is 3. The number of rotatable bonds is 6. The second kappa shape index (κ2) is 7.72. The van der Waals surface area contributed by atoms with Gasteiger partial charge in [-0.2, -0.15) is 0 Å². The molecule has 29 heavy (non-hydrogen) atoms. The first-order valence-corrected chi connectivity index (χ1v) is 10.1. The third kappa shape index (κ3) is 4.92. The van der Waals surface area contributed by atoms with Gasteiger partial charge in [0.1, 0.15) is 23.2 Å². The molecular weight excluding hydrogens is 381 g/mol. The van der Waals surface area contributed by atoms with Gasteiger partial charge in [-0.3, -0.25) is 0 Å². The van der Waals surface area contributed by atoms with Gasteiger partial charge in [0, 0.05) is 31.1 Å². The van der Waals surface area contributed by atoms with Crippen molar-refractivity contribution < 1.29 is 17.9 Å². The lowest BCUT2D eigenvalue weighted by Crippen LogP contribution is -2.31. The molecule has 0 bridgehead atoms. The Morgan fingerprint density at radius 3 is 2.69 bits per heavy atom. The van der Waals surface area contributed by atoms with Crippen LogP contribution >= 0.6 is 0 Å². The summed E-state index contributed by atoms with van der Waals surface area (Å²) in [7, 11) is 0. The van der Waals surface area contributed by atoms with Crippen molar-refractivity contribution in [3.05, 3.63) is 41.2 Å². The van der Waals surface area contributed by atoms with E-state index in [1.54, 1.807) is 6.07 Å². The molecule has 4 rings (SSSR count). The van der Waals surface area contributed by atoms with Gasteiger partial charge >= 0.3 is 6.36 Å². The summed E-state index contributed by atoms with van der Waals surface area (Å²) in [4.78, 5) is 11.6. The third-order valence-corrected chi connectivity index (χ3v) is 5.43. The van der Waals surface area contributed by atoms with Crippen molar-refractivity contribution in [2.24, 2.45) is 0 Å². The highest BCUT2D eigenvalue weighted by Crippen LogP contribution is 2.39. The fourth-order valence-electron chi connectivity index (χ4n) is 3.49. The Labute approximate surface area is 168 Å². The number of ether oxygens (including phenoxy) is 1. The molecule has 8 heteroatoms. The van der Waals surface area contributed by atoms with Gasteiger partial charge < -0.3 is 15.0 Å². The smallest absolute Gasteiger partial charge is 0.406 e. The Hall–Kier alpha value is -2.51. The summed E-state index contributed by atoms with van der Waals surface area (Å²) in [5.74, 6) is 2.72. The Kier molecular flexibility index (Phi) is 5.27. The van der Waals surface area contributed by atoms with Gasteiger partial charge in [-0.05, 0) is 55.9 Å². The molecule has 1 fully saturated rings. The number of halogens is 3. The fraction of sp³-hybridized carbons (Fsp3) is 0.524. The first-order valence-electron chi connectivity index (χ1n) is 10.1. The lowest BCUT2D eigenvalue weighted by atomic mass is 9.99. The Morgan fingerprint density at radius 2 is 2.00 bits per heavy atom. The van der Waals surface area contributed by atoms with Gasteiger partial charge in [-0.1, -0.05) is 13.0 Å². The molecule has 2 aromatic rings. The van der Waals surface area contributed by atoms with E-state index in [1.165, 1.54) is 12.1 Å². The summed E-state index contributed by atoms with van der Waals surface area (Å²) < 4.78 is 41.8. The second-order valence-electron chi connectivity index (χ2n) is 7.85. The van der Waals surface area contributed by atoms with Crippen molar-refractivity contribution in [1.29, 1.82) is 0 Å². The van der Waals surface area contributed by atoms with E-state index < -0.39 is 6.36 Å². The molecule has 2 aliphatic rings. The summed E-state index contributed by atoms with van der Waals surface area (Å²) in [6, 6.07) is 6.83. The standard InChI is InChI=1S/C21H25F3N4O/c1-3-13(2)25-18-11-19(27-20(26-18)15-4-5-15)28-9-8-14-6-7-17(10-16(14)12-28)29-21(22,23)24/h6-7,10-11,13,15H,3-5,8-9,12H2,1-2H3,(H,25,26,27)/t13-/m0/s1. The molecule has 1 saturated carbocycles. The first-order chi connectivity index (χ1) is 13.8. The van der Waals surface area contributed by atoms with Crippen molar-refractivity contribution in [3.63, 3.8) is 0 Å². The van der Waals surface area contributed by atoms with E-state index in [9.17, 15) is 13.2 Å². The van der Waals surface area contributed by atoms with E-state index >= 15 is 0 Å². The van der Waals surface area contributed by atoms with Crippen LogP contribution in [0.2, 0.25) is 0 Å². The average molecular weight is 406 g/mol. The summed E-state index contributed by atoms with van der Waals surface area (Å²) in [6.45, 7) is 5.48. The number of nitrogens with zero attached hydrogens (tertiary/aromatic N) is 3. The number of hydrogen-bond donors (Lipinski definition) is 1. The Morgan fingerprint density at radius 1 is 1.21 bits per heavy atom. The van der Waals surface area contributed by atoms with Crippen molar-refractivity contribution in [2.75, 3.05) is 16.8 Å². The maximum atomic E-state index is 12.6. The van der Waals surface area contributed by atoms with Crippen molar-refractivity contribution in [3.8, 4) is 5.75 Å². The van der Waals surface area contributed by atoms with Gasteiger partial charge in [0.25, 0.3) is 0 Å². The van der Waals surface area contributed by atoms with E-state index in [1.807, 2.05) is 6.07 Å².